The molecule has 26 heavy (non-hydrogen) atoms. The molecule has 0 amide bonds. The summed E-state index contributed by atoms with van der Waals surface area (Å²) in [6, 6.07) is 15.8. The number of carbonyl (C=O) groups excluding carboxylic acids is 1. The molecule has 7 nitrogen and oxygen atoms in total. The molecular weight excluding hydrogens is 400 g/mol. The maximum atomic E-state index is 11.8. The molecular formula is C18H13BrN4O3. The third-order valence-corrected chi connectivity index (χ3v) is 3.83. The second-order valence-corrected chi connectivity index (χ2v) is 5.75. The van der Waals surface area contributed by atoms with Crippen molar-refractivity contribution in [1.29, 1.82) is 10.5 Å². The van der Waals surface area contributed by atoms with E-state index in [0.29, 0.717) is 15.9 Å². The zero-order valence-corrected chi connectivity index (χ0v) is 15.3. The summed E-state index contributed by atoms with van der Waals surface area (Å²) in [5.41, 5.74) is 3.85. The topological polar surface area (TPSA) is 107 Å². The number of esters is 1. The number of hydrazone groups is 1. The van der Waals surface area contributed by atoms with Crippen LogP contribution in [0.2, 0.25) is 0 Å². The van der Waals surface area contributed by atoms with Gasteiger partial charge in [0.15, 0.2) is 0 Å². The molecule has 0 aliphatic rings. The molecule has 0 fully saturated rings. The Morgan fingerprint density at radius 1 is 1.23 bits per heavy atom. The summed E-state index contributed by atoms with van der Waals surface area (Å²) >= 11 is 3.33. The van der Waals surface area contributed by atoms with Gasteiger partial charge in [0.05, 0.1) is 12.7 Å². The number of anilines is 1. The van der Waals surface area contributed by atoms with Crippen molar-refractivity contribution >= 4 is 33.3 Å². The predicted octanol–water partition coefficient (Wildman–Crippen LogP) is 3.63. The highest BCUT2D eigenvalue weighted by Crippen LogP contribution is 2.35. The van der Waals surface area contributed by atoms with Crippen LogP contribution >= 0.6 is 15.9 Å². The minimum Gasteiger partial charge on any atom is -0.487 e. The van der Waals surface area contributed by atoms with Crippen molar-refractivity contribution in [1.82, 2.24) is 0 Å². The number of nitrogens with one attached hydrogen (secondary N) is 1. The summed E-state index contributed by atoms with van der Waals surface area (Å²) in [5, 5.41) is 21.3. The van der Waals surface area contributed by atoms with Gasteiger partial charge in [0.1, 0.15) is 30.2 Å². The molecule has 0 saturated carbocycles. The third kappa shape index (κ3) is 4.82. The minimum atomic E-state index is -0.528. The normalized spacial score (nSPS) is 9.38. The molecule has 0 atom stereocenters. The van der Waals surface area contributed by atoms with Crippen molar-refractivity contribution < 1.29 is 14.3 Å². The average molecular weight is 413 g/mol. The first kappa shape index (κ1) is 19.0. The van der Waals surface area contributed by atoms with Crippen molar-refractivity contribution in [2.24, 2.45) is 5.10 Å². The monoisotopic (exact) mass is 412 g/mol. The predicted molar refractivity (Wildman–Crippen MR) is 98.5 cm³/mol. The molecule has 2 aromatic carbocycles. The molecule has 130 valence electrons. The Labute approximate surface area is 158 Å². The molecule has 2 rings (SSSR count). The lowest BCUT2D eigenvalue weighted by atomic mass is 10.2. The van der Waals surface area contributed by atoms with E-state index >= 15 is 0 Å². The second kappa shape index (κ2) is 9.21. The van der Waals surface area contributed by atoms with E-state index in [0.717, 1.165) is 5.56 Å². The summed E-state index contributed by atoms with van der Waals surface area (Å²) < 4.78 is 11.0. The van der Waals surface area contributed by atoms with E-state index in [1.807, 2.05) is 30.3 Å². The van der Waals surface area contributed by atoms with E-state index in [2.05, 4.69) is 26.5 Å². The molecule has 0 heterocycles. The van der Waals surface area contributed by atoms with Gasteiger partial charge in [-0.3, -0.25) is 5.43 Å². The van der Waals surface area contributed by atoms with E-state index in [1.54, 1.807) is 12.1 Å². The maximum absolute atomic E-state index is 11.8. The van der Waals surface area contributed by atoms with Gasteiger partial charge < -0.3 is 9.47 Å². The number of halogens is 1. The maximum Gasteiger partial charge on any atom is 0.338 e. The lowest BCUT2D eigenvalue weighted by Gasteiger charge is -2.14. The fourth-order valence-electron chi connectivity index (χ4n) is 1.96. The van der Waals surface area contributed by atoms with Gasteiger partial charge in [0, 0.05) is 4.47 Å². The zero-order valence-electron chi connectivity index (χ0n) is 13.7. The first-order chi connectivity index (χ1) is 12.6. The van der Waals surface area contributed by atoms with Crippen molar-refractivity contribution in [3.8, 4) is 17.9 Å². The van der Waals surface area contributed by atoms with Gasteiger partial charge in [-0.15, -0.1) is 0 Å². The summed E-state index contributed by atoms with van der Waals surface area (Å²) in [6.07, 6.45) is 0. The number of hydrogen-bond acceptors (Lipinski definition) is 7. The molecule has 1 N–H and O–H groups in total. The minimum absolute atomic E-state index is 0.250. The zero-order chi connectivity index (χ0) is 18.9. The van der Waals surface area contributed by atoms with Crippen LogP contribution in [0.4, 0.5) is 5.69 Å². The molecule has 2 aromatic rings. The Bertz CT molecular complexity index is 899. The van der Waals surface area contributed by atoms with Crippen molar-refractivity contribution in [3.05, 3.63) is 58.1 Å². The number of methoxy groups -OCH3 is 1. The first-order valence-electron chi connectivity index (χ1n) is 7.31. The Balaban J connectivity index is 2.38. The van der Waals surface area contributed by atoms with Gasteiger partial charge in [-0.2, -0.15) is 15.6 Å². The molecule has 0 bridgehead atoms. The van der Waals surface area contributed by atoms with Crippen LogP contribution in [0.15, 0.2) is 52.0 Å². The Hall–Kier alpha value is -3.36. The lowest BCUT2D eigenvalue weighted by Crippen LogP contribution is -2.06. The van der Waals surface area contributed by atoms with E-state index in [1.165, 1.54) is 19.2 Å². The van der Waals surface area contributed by atoms with Gasteiger partial charge in [0.25, 0.3) is 0 Å². The highest BCUT2D eigenvalue weighted by atomic mass is 79.9. The Morgan fingerprint density at radius 3 is 2.54 bits per heavy atom. The quantitative estimate of drug-likeness (QED) is 0.440. The van der Waals surface area contributed by atoms with Gasteiger partial charge in [-0.25, -0.2) is 4.79 Å². The lowest BCUT2D eigenvalue weighted by molar-refractivity contribution is 0.0600. The van der Waals surface area contributed by atoms with Crippen LogP contribution in [0.1, 0.15) is 15.9 Å². The van der Waals surface area contributed by atoms with Crippen LogP contribution < -0.4 is 10.2 Å². The van der Waals surface area contributed by atoms with Crippen molar-refractivity contribution in [3.63, 3.8) is 0 Å². The van der Waals surface area contributed by atoms with E-state index < -0.39 is 5.97 Å². The van der Waals surface area contributed by atoms with Gasteiger partial charge in [-0.1, -0.05) is 30.3 Å². The van der Waals surface area contributed by atoms with Crippen LogP contribution in [-0.2, 0) is 11.3 Å². The number of carbonyl (C=O) groups is 1. The summed E-state index contributed by atoms with van der Waals surface area (Å²) in [4.78, 5) is 11.8. The summed E-state index contributed by atoms with van der Waals surface area (Å²) in [5.74, 6) is -0.220. The smallest absolute Gasteiger partial charge is 0.338 e. The molecule has 0 spiro atoms. The molecule has 0 aliphatic heterocycles. The van der Waals surface area contributed by atoms with Crippen LogP contribution in [0, 0.1) is 22.7 Å². The number of nitriles is 2. The molecule has 0 aromatic heterocycles. The fourth-order valence-corrected chi connectivity index (χ4v) is 2.49. The largest absolute Gasteiger partial charge is 0.487 e. The third-order valence-electron chi connectivity index (χ3n) is 3.20. The summed E-state index contributed by atoms with van der Waals surface area (Å²) in [7, 11) is 1.28. The Morgan fingerprint density at radius 2 is 1.92 bits per heavy atom. The SMILES string of the molecule is COC(=O)c1cc(Br)c(NN=C(C#N)C#N)c(OCc2ccccc2)c1. The van der Waals surface area contributed by atoms with Gasteiger partial charge >= 0.3 is 5.97 Å². The standard InChI is InChI=1S/C18H13BrN4O3/c1-25-18(24)13-7-15(19)17(23-22-14(9-20)10-21)16(8-13)26-11-12-5-3-2-4-6-12/h2-8,23H,11H2,1H3. The summed E-state index contributed by atoms with van der Waals surface area (Å²) in [6.45, 7) is 0.250. The molecule has 0 saturated heterocycles. The number of benzene rings is 2. The van der Waals surface area contributed by atoms with E-state index in [-0.39, 0.29) is 17.9 Å². The van der Waals surface area contributed by atoms with Crippen LogP contribution in [0.3, 0.4) is 0 Å². The fraction of sp³-hybridized carbons (Fsp3) is 0.111. The Kier molecular flexibility index (Phi) is 6.72. The molecule has 0 unspecified atom stereocenters. The number of ether oxygens (including phenoxy) is 2. The van der Waals surface area contributed by atoms with Gasteiger partial charge in [-0.05, 0) is 33.6 Å². The van der Waals surface area contributed by atoms with Crippen molar-refractivity contribution in [2.75, 3.05) is 12.5 Å². The molecule has 8 heteroatoms. The number of nitrogens with zero attached hydrogens (tertiary/aromatic N) is 3. The second-order valence-electron chi connectivity index (χ2n) is 4.89. The van der Waals surface area contributed by atoms with Crippen molar-refractivity contribution in [2.45, 2.75) is 6.61 Å². The van der Waals surface area contributed by atoms with E-state index in [4.69, 9.17) is 20.0 Å². The van der Waals surface area contributed by atoms with Gasteiger partial charge in [0.2, 0.25) is 5.71 Å². The molecule has 0 aliphatic carbocycles. The highest BCUT2D eigenvalue weighted by molar-refractivity contribution is 9.10. The van der Waals surface area contributed by atoms with Crippen LogP contribution in [-0.4, -0.2) is 18.8 Å². The highest BCUT2D eigenvalue weighted by Gasteiger charge is 2.16. The number of rotatable bonds is 6. The molecule has 0 radical (unpaired) electrons. The van der Waals surface area contributed by atoms with Crippen LogP contribution in [0.5, 0.6) is 5.75 Å². The van der Waals surface area contributed by atoms with Crippen LogP contribution in [0.25, 0.3) is 0 Å². The number of hydrogen-bond donors (Lipinski definition) is 1. The first-order valence-corrected chi connectivity index (χ1v) is 8.10. The van der Waals surface area contributed by atoms with E-state index in [9.17, 15) is 4.79 Å². The average Bonchev–Trinajstić information content (AvgIpc) is 2.68.